The van der Waals surface area contributed by atoms with Gasteiger partial charge in [0.1, 0.15) is 5.82 Å². The van der Waals surface area contributed by atoms with Gasteiger partial charge in [0.15, 0.2) is 0 Å². The summed E-state index contributed by atoms with van der Waals surface area (Å²) >= 11 is 1.47. The van der Waals surface area contributed by atoms with E-state index in [9.17, 15) is 14.0 Å². The monoisotopic (exact) mass is 334 g/mol. The summed E-state index contributed by atoms with van der Waals surface area (Å²) < 4.78 is 13.0. The minimum atomic E-state index is -1.06. The molecule has 1 unspecified atom stereocenters. The molecule has 1 heterocycles. The fourth-order valence-corrected chi connectivity index (χ4v) is 2.54. The molecule has 0 fully saturated rings. The SMILES string of the molecule is Cc1nc(C=CC(=O)NC(CC(=O)O)c2ccc(F)cc2)cs1. The van der Waals surface area contributed by atoms with E-state index in [1.165, 1.54) is 41.7 Å². The summed E-state index contributed by atoms with van der Waals surface area (Å²) in [5.74, 6) is -1.92. The fourth-order valence-electron chi connectivity index (χ4n) is 1.96. The Labute approximate surface area is 136 Å². The van der Waals surface area contributed by atoms with Gasteiger partial charge in [-0.2, -0.15) is 0 Å². The normalized spacial score (nSPS) is 12.3. The van der Waals surface area contributed by atoms with E-state index in [4.69, 9.17) is 5.11 Å². The number of hydrogen-bond donors (Lipinski definition) is 2. The third-order valence-electron chi connectivity index (χ3n) is 3.01. The van der Waals surface area contributed by atoms with Gasteiger partial charge in [-0.1, -0.05) is 12.1 Å². The van der Waals surface area contributed by atoms with E-state index < -0.39 is 23.7 Å². The molecule has 2 N–H and O–H groups in total. The molecule has 0 bridgehead atoms. The van der Waals surface area contributed by atoms with Crippen molar-refractivity contribution in [1.82, 2.24) is 10.3 Å². The molecular formula is C16H15FN2O3S. The molecular weight excluding hydrogens is 319 g/mol. The van der Waals surface area contributed by atoms with Gasteiger partial charge in [-0.25, -0.2) is 9.37 Å². The number of aromatic nitrogens is 1. The molecule has 0 aliphatic carbocycles. The first-order valence-electron chi connectivity index (χ1n) is 6.82. The van der Waals surface area contributed by atoms with E-state index in [2.05, 4.69) is 10.3 Å². The number of rotatable bonds is 6. The first kappa shape index (κ1) is 16.8. The number of carbonyl (C=O) groups excluding carboxylic acids is 1. The standard InChI is InChI=1S/C16H15FN2O3S/c1-10-18-13(9-23-10)6-7-15(20)19-14(8-16(21)22)11-2-4-12(17)5-3-11/h2-7,9,14H,8H2,1H3,(H,19,20)(H,21,22). The molecule has 7 heteroatoms. The van der Waals surface area contributed by atoms with Crippen molar-refractivity contribution in [2.45, 2.75) is 19.4 Å². The first-order chi connectivity index (χ1) is 10.9. The predicted octanol–water partition coefficient (Wildman–Crippen LogP) is 2.94. The minimum Gasteiger partial charge on any atom is -0.481 e. The van der Waals surface area contributed by atoms with Crippen LogP contribution in [0.2, 0.25) is 0 Å². The van der Waals surface area contributed by atoms with Crippen LogP contribution in [0.4, 0.5) is 4.39 Å². The van der Waals surface area contributed by atoms with E-state index in [-0.39, 0.29) is 6.42 Å². The number of thiazole rings is 1. The molecule has 2 rings (SSSR count). The van der Waals surface area contributed by atoms with Gasteiger partial charge < -0.3 is 10.4 Å². The smallest absolute Gasteiger partial charge is 0.305 e. The van der Waals surface area contributed by atoms with E-state index in [1.54, 1.807) is 6.08 Å². The number of hydrogen-bond acceptors (Lipinski definition) is 4. The van der Waals surface area contributed by atoms with Crippen LogP contribution in [0.3, 0.4) is 0 Å². The highest BCUT2D eigenvalue weighted by Gasteiger charge is 2.17. The van der Waals surface area contributed by atoms with Crippen LogP contribution in [0.5, 0.6) is 0 Å². The number of carboxylic acid groups (broad SMARTS) is 1. The van der Waals surface area contributed by atoms with Gasteiger partial charge in [0, 0.05) is 11.5 Å². The second-order valence-electron chi connectivity index (χ2n) is 4.84. The largest absolute Gasteiger partial charge is 0.481 e. The number of amides is 1. The average Bonchev–Trinajstić information content (AvgIpc) is 2.90. The molecule has 0 saturated carbocycles. The third kappa shape index (κ3) is 5.30. The maximum Gasteiger partial charge on any atom is 0.305 e. The second kappa shape index (κ2) is 7.64. The Morgan fingerprint density at radius 1 is 1.39 bits per heavy atom. The van der Waals surface area contributed by atoms with Crippen LogP contribution < -0.4 is 5.32 Å². The van der Waals surface area contributed by atoms with Crippen molar-refractivity contribution in [3.63, 3.8) is 0 Å². The maximum absolute atomic E-state index is 13.0. The molecule has 1 amide bonds. The quantitative estimate of drug-likeness (QED) is 0.796. The third-order valence-corrected chi connectivity index (χ3v) is 3.80. The molecule has 1 aromatic heterocycles. The van der Waals surface area contributed by atoms with Crippen LogP contribution in [-0.4, -0.2) is 22.0 Å². The highest BCUT2D eigenvalue weighted by atomic mass is 32.1. The number of nitrogens with zero attached hydrogens (tertiary/aromatic N) is 1. The molecule has 0 aliphatic rings. The average molecular weight is 334 g/mol. The molecule has 120 valence electrons. The summed E-state index contributed by atoms with van der Waals surface area (Å²) in [5, 5.41) is 14.3. The molecule has 1 atom stereocenters. The van der Waals surface area contributed by atoms with Gasteiger partial charge >= 0.3 is 5.97 Å². The Morgan fingerprint density at radius 3 is 2.65 bits per heavy atom. The lowest BCUT2D eigenvalue weighted by Gasteiger charge is -2.16. The Morgan fingerprint density at radius 2 is 2.09 bits per heavy atom. The van der Waals surface area contributed by atoms with Gasteiger partial charge in [0.05, 0.1) is 23.2 Å². The maximum atomic E-state index is 13.0. The molecule has 2 aromatic rings. The van der Waals surface area contributed by atoms with Crippen LogP contribution in [0.1, 0.15) is 28.7 Å². The van der Waals surface area contributed by atoms with Crippen molar-refractivity contribution in [3.05, 3.63) is 57.8 Å². The first-order valence-corrected chi connectivity index (χ1v) is 7.70. The molecule has 0 saturated heterocycles. The summed E-state index contributed by atoms with van der Waals surface area (Å²) in [7, 11) is 0. The van der Waals surface area contributed by atoms with Crippen LogP contribution in [0, 0.1) is 12.7 Å². The van der Waals surface area contributed by atoms with E-state index in [0.29, 0.717) is 11.3 Å². The summed E-state index contributed by atoms with van der Waals surface area (Å²) in [6.07, 6.45) is 2.56. The predicted molar refractivity (Wildman–Crippen MR) is 85.4 cm³/mol. The zero-order valence-corrected chi connectivity index (χ0v) is 13.1. The van der Waals surface area contributed by atoms with E-state index in [1.807, 2.05) is 12.3 Å². The number of nitrogens with one attached hydrogen (secondary N) is 1. The van der Waals surface area contributed by atoms with Gasteiger partial charge in [-0.05, 0) is 30.7 Å². The minimum absolute atomic E-state index is 0.291. The number of carbonyl (C=O) groups is 2. The molecule has 0 radical (unpaired) electrons. The fraction of sp³-hybridized carbons (Fsp3) is 0.188. The van der Waals surface area contributed by atoms with Crippen molar-refractivity contribution in [1.29, 1.82) is 0 Å². The van der Waals surface area contributed by atoms with Crippen molar-refractivity contribution >= 4 is 29.3 Å². The lowest BCUT2D eigenvalue weighted by Crippen LogP contribution is -2.28. The Kier molecular flexibility index (Phi) is 5.59. The van der Waals surface area contributed by atoms with Gasteiger partial charge in [-0.15, -0.1) is 11.3 Å². The molecule has 0 spiro atoms. The van der Waals surface area contributed by atoms with Crippen molar-refractivity contribution in [3.8, 4) is 0 Å². The summed E-state index contributed by atoms with van der Waals surface area (Å²) in [4.78, 5) is 27.1. The zero-order valence-electron chi connectivity index (χ0n) is 12.3. The lowest BCUT2D eigenvalue weighted by molar-refractivity contribution is -0.137. The molecule has 0 aliphatic heterocycles. The molecule has 23 heavy (non-hydrogen) atoms. The number of carboxylic acids is 1. The van der Waals surface area contributed by atoms with Crippen LogP contribution in [0.15, 0.2) is 35.7 Å². The lowest BCUT2D eigenvalue weighted by atomic mass is 10.0. The number of benzene rings is 1. The number of halogens is 1. The van der Waals surface area contributed by atoms with Gasteiger partial charge in [0.2, 0.25) is 5.91 Å². The van der Waals surface area contributed by atoms with Crippen molar-refractivity contribution in [2.24, 2.45) is 0 Å². The van der Waals surface area contributed by atoms with Crippen LogP contribution >= 0.6 is 11.3 Å². The van der Waals surface area contributed by atoms with Gasteiger partial charge in [-0.3, -0.25) is 9.59 Å². The van der Waals surface area contributed by atoms with Gasteiger partial charge in [0.25, 0.3) is 0 Å². The molecule has 1 aromatic carbocycles. The Balaban J connectivity index is 2.07. The van der Waals surface area contributed by atoms with E-state index >= 15 is 0 Å². The van der Waals surface area contributed by atoms with E-state index in [0.717, 1.165) is 5.01 Å². The zero-order chi connectivity index (χ0) is 16.8. The topological polar surface area (TPSA) is 79.3 Å². The number of aliphatic carboxylic acids is 1. The summed E-state index contributed by atoms with van der Waals surface area (Å²) in [5.41, 5.74) is 1.19. The highest BCUT2D eigenvalue weighted by molar-refractivity contribution is 7.09. The van der Waals surface area contributed by atoms with Crippen molar-refractivity contribution < 1.29 is 19.1 Å². The Hall–Kier alpha value is -2.54. The summed E-state index contributed by atoms with van der Waals surface area (Å²) in [6.45, 7) is 1.86. The molecule has 5 nitrogen and oxygen atoms in total. The van der Waals surface area contributed by atoms with Crippen LogP contribution in [-0.2, 0) is 9.59 Å². The number of aryl methyl sites for hydroxylation is 1. The van der Waals surface area contributed by atoms with Crippen LogP contribution in [0.25, 0.3) is 6.08 Å². The second-order valence-corrected chi connectivity index (χ2v) is 5.90. The highest BCUT2D eigenvalue weighted by Crippen LogP contribution is 2.17. The summed E-state index contributed by atoms with van der Waals surface area (Å²) in [6, 6.07) is 4.63. The Bertz CT molecular complexity index is 725. The van der Waals surface area contributed by atoms with Crippen molar-refractivity contribution in [2.75, 3.05) is 0 Å².